The number of rotatable bonds is 4. The van der Waals surface area contributed by atoms with Crippen LogP contribution in [0.3, 0.4) is 0 Å². The van der Waals surface area contributed by atoms with E-state index in [0.29, 0.717) is 12.2 Å². The van der Waals surface area contributed by atoms with Crippen molar-refractivity contribution >= 4 is 24.6 Å². The van der Waals surface area contributed by atoms with Crippen LogP contribution in [0.5, 0.6) is 5.75 Å². The molecule has 0 amide bonds. The zero-order valence-electron chi connectivity index (χ0n) is 15.9. The standard InChI is InChI=1S/C15H17NO2S.C5H10O2/c1-3-13(14-5-4-10-16(14)2)15(17)18-11-6-8-12(19)9-7-11;1-5(2,3)4(6)7/h4-10,13,19H,3H2,1-2H3;1-3H3,(H,6,7). The first-order valence-electron chi connectivity index (χ1n) is 8.41. The molecule has 6 heteroatoms. The van der Waals surface area contributed by atoms with Crippen LogP contribution in [0.1, 0.15) is 45.7 Å². The van der Waals surface area contributed by atoms with Crippen molar-refractivity contribution in [2.75, 3.05) is 0 Å². The number of aryl methyl sites for hydroxylation is 1. The summed E-state index contributed by atoms with van der Waals surface area (Å²) in [6, 6.07) is 11.0. The molecule has 2 aromatic rings. The van der Waals surface area contributed by atoms with Crippen LogP contribution in [0, 0.1) is 5.41 Å². The largest absolute Gasteiger partial charge is 0.481 e. The van der Waals surface area contributed by atoms with Gasteiger partial charge in [0.2, 0.25) is 0 Å². The van der Waals surface area contributed by atoms with Gasteiger partial charge in [0.05, 0.1) is 11.3 Å². The van der Waals surface area contributed by atoms with Crippen molar-refractivity contribution in [1.82, 2.24) is 4.57 Å². The first-order chi connectivity index (χ1) is 12.1. The third-order valence-electron chi connectivity index (χ3n) is 3.73. The average Bonchev–Trinajstić information content (AvgIpc) is 2.96. The Morgan fingerprint density at radius 1 is 1.19 bits per heavy atom. The van der Waals surface area contributed by atoms with Crippen LogP contribution in [0.15, 0.2) is 47.5 Å². The summed E-state index contributed by atoms with van der Waals surface area (Å²) in [6.45, 7) is 6.97. The Bertz CT molecular complexity index is 729. The van der Waals surface area contributed by atoms with E-state index in [4.69, 9.17) is 9.84 Å². The van der Waals surface area contributed by atoms with Crippen molar-refractivity contribution in [3.05, 3.63) is 48.3 Å². The van der Waals surface area contributed by atoms with Gasteiger partial charge in [0.25, 0.3) is 0 Å². The van der Waals surface area contributed by atoms with Gasteiger partial charge in [-0.25, -0.2) is 0 Å². The number of thiol groups is 1. The predicted octanol–water partition coefficient (Wildman–Crippen LogP) is 4.53. The molecule has 1 aromatic carbocycles. The van der Waals surface area contributed by atoms with E-state index >= 15 is 0 Å². The van der Waals surface area contributed by atoms with Crippen molar-refractivity contribution in [3.63, 3.8) is 0 Å². The van der Waals surface area contributed by atoms with Crippen LogP contribution < -0.4 is 4.74 Å². The van der Waals surface area contributed by atoms with Crippen molar-refractivity contribution < 1.29 is 19.4 Å². The lowest BCUT2D eigenvalue weighted by atomic mass is 9.98. The quantitative estimate of drug-likeness (QED) is 0.467. The maximum Gasteiger partial charge on any atom is 0.320 e. The molecule has 1 atom stereocenters. The van der Waals surface area contributed by atoms with Gasteiger partial charge < -0.3 is 14.4 Å². The molecular weight excluding hydrogens is 350 g/mol. The van der Waals surface area contributed by atoms with Crippen LogP contribution in [0.2, 0.25) is 0 Å². The number of benzene rings is 1. The minimum Gasteiger partial charge on any atom is -0.481 e. The van der Waals surface area contributed by atoms with E-state index in [-0.39, 0.29) is 11.9 Å². The Morgan fingerprint density at radius 3 is 2.12 bits per heavy atom. The number of carbonyl (C=O) groups excluding carboxylic acids is 1. The van der Waals surface area contributed by atoms with Gasteiger partial charge in [0, 0.05) is 23.8 Å². The highest BCUT2D eigenvalue weighted by Crippen LogP contribution is 2.23. The second-order valence-electron chi connectivity index (χ2n) is 6.97. The fourth-order valence-corrected chi connectivity index (χ4v) is 2.18. The lowest BCUT2D eigenvalue weighted by molar-refractivity contribution is -0.145. The Hall–Kier alpha value is -2.21. The molecule has 26 heavy (non-hydrogen) atoms. The summed E-state index contributed by atoms with van der Waals surface area (Å²) < 4.78 is 7.37. The molecule has 5 nitrogen and oxygen atoms in total. The molecule has 0 spiro atoms. The lowest BCUT2D eigenvalue weighted by Gasteiger charge is -2.15. The third kappa shape index (κ3) is 6.59. The summed E-state index contributed by atoms with van der Waals surface area (Å²) in [5.74, 6) is -0.671. The molecule has 0 saturated carbocycles. The summed E-state index contributed by atoms with van der Waals surface area (Å²) in [5, 5.41) is 8.25. The van der Waals surface area contributed by atoms with E-state index in [1.54, 1.807) is 45.0 Å². The first kappa shape index (κ1) is 21.8. The Kier molecular flexibility index (Phi) is 7.96. The summed E-state index contributed by atoms with van der Waals surface area (Å²) in [6.07, 6.45) is 2.64. The molecule has 0 aliphatic carbocycles. The minimum absolute atomic E-state index is 0.226. The molecule has 142 valence electrons. The maximum atomic E-state index is 12.2. The summed E-state index contributed by atoms with van der Waals surface area (Å²) in [7, 11) is 1.93. The van der Waals surface area contributed by atoms with Crippen molar-refractivity contribution in [3.8, 4) is 5.75 Å². The topological polar surface area (TPSA) is 68.5 Å². The molecule has 1 unspecified atom stereocenters. The zero-order chi connectivity index (χ0) is 19.9. The van der Waals surface area contributed by atoms with E-state index in [9.17, 15) is 9.59 Å². The smallest absolute Gasteiger partial charge is 0.320 e. The second-order valence-corrected chi connectivity index (χ2v) is 7.49. The number of hydrogen-bond acceptors (Lipinski definition) is 4. The van der Waals surface area contributed by atoms with Gasteiger partial charge in [-0.15, -0.1) is 12.6 Å². The first-order valence-corrected chi connectivity index (χ1v) is 8.86. The fourth-order valence-electron chi connectivity index (χ4n) is 2.03. The van der Waals surface area contributed by atoms with Crippen LogP contribution in [0.25, 0.3) is 0 Å². The third-order valence-corrected chi connectivity index (χ3v) is 4.03. The monoisotopic (exact) mass is 377 g/mol. The van der Waals surface area contributed by atoms with Crippen molar-refractivity contribution in [2.24, 2.45) is 12.5 Å². The van der Waals surface area contributed by atoms with Crippen LogP contribution >= 0.6 is 12.6 Å². The molecule has 0 bridgehead atoms. The van der Waals surface area contributed by atoms with Crippen molar-refractivity contribution in [2.45, 2.75) is 44.9 Å². The van der Waals surface area contributed by atoms with Crippen LogP contribution in [-0.4, -0.2) is 21.6 Å². The van der Waals surface area contributed by atoms with E-state index in [0.717, 1.165) is 10.6 Å². The van der Waals surface area contributed by atoms with Crippen LogP contribution in [0.4, 0.5) is 0 Å². The number of nitrogens with zero attached hydrogens (tertiary/aromatic N) is 1. The maximum absolute atomic E-state index is 12.2. The highest BCUT2D eigenvalue weighted by atomic mass is 32.1. The molecule has 1 heterocycles. The van der Waals surface area contributed by atoms with Crippen LogP contribution in [-0.2, 0) is 16.6 Å². The number of ether oxygens (including phenoxy) is 1. The molecule has 1 N–H and O–H groups in total. The number of esters is 1. The van der Waals surface area contributed by atoms with E-state index in [1.165, 1.54) is 0 Å². The highest BCUT2D eigenvalue weighted by molar-refractivity contribution is 7.80. The van der Waals surface area contributed by atoms with Gasteiger partial charge in [-0.3, -0.25) is 9.59 Å². The Morgan fingerprint density at radius 2 is 1.73 bits per heavy atom. The molecule has 0 fully saturated rings. The average molecular weight is 378 g/mol. The highest BCUT2D eigenvalue weighted by Gasteiger charge is 2.23. The molecule has 0 saturated heterocycles. The predicted molar refractivity (Wildman–Crippen MR) is 105 cm³/mol. The molecule has 0 radical (unpaired) electrons. The number of carbonyl (C=O) groups is 2. The van der Waals surface area contributed by atoms with E-state index in [2.05, 4.69) is 12.6 Å². The number of aromatic nitrogens is 1. The lowest BCUT2D eigenvalue weighted by Crippen LogP contribution is -2.20. The summed E-state index contributed by atoms with van der Waals surface area (Å²) in [5.41, 5.74) is 0.387. The van der Waals surface area contributed by atoms with Gasteiger partial charge in [0.1, 0.15) is 5.75 Å². The second kappa shape index (κ2) is 9.48. The van der Waals surface area contributed by atoms with Gasteiger partial charge in [0.15, 0.2) is 0 Å². The fraction of sp³-hybridized carbons (Fsp3) is 0.400. The summed E-state index contributed by atoms with van der Waals surface area (Å²) >= 11 is 4.20. The van der Waals surface area contributed by atoms with Gasteiger partial charge in [-0.05, 0) is 63.6 Å². The number of hydrogen-bond donors (Lipinski definition) is 2. The summed E-state index contributed by atoms with van der Waals surface area (Å²) in [4.78, 5) is 23.1. The van der Waals surface area contributed by atoms with E-state index < -0.39 is 11.4 Å². The number of carboxylic acids is 1. The molecule has 1 aromatic heterocycles. The number of aliphatic carboxylic acids is 1. The molecular formula is C20H27NO4S. The Labute approximate surface area is 160 Å². The molecule has 2 rings (SSSR count). The van der Waals surface area contributed by atoms with Gasteiger partial charge >= 0.3 is 11.9 Å². The van der Waals surface area contributed by atoms with Crippen molar-refractivity contribution in [1.29, 1.82) is 0 Å². The minimum atomic E-state index is -0.757. The van der Waals surface area contributed by atoms with Gasteiger partial charge in [-0.2, -0.15) is 0 Å². The SMILES string of the molecule is CC(C)(C)C(=O)O.CCC(C(=O)Oc1ccc(S)cc1)c1cccn1C. The zero-order valence-corrected chi connectivity index (χ0v) is 16.8. The molecule has 0 aliphatic rings. The van der Waals surface area contributed by atoms with Gasteiger partial charge in [-0.1, -0.05) is 6.92 Å². The van der Waals surface area contributed by atoms with E-state index in [1.807, 2.05) is 36.9 Å². The normalized spacial score (nSPS) is 11.9. The Balaban J connectivity index is 0.000000412. The molecule has 0 aliphatic heterocycles. The number of carboxylic acid groups (broad SMARTS) is 1.